The minimum absolute atomic E-state index is 0.0106. The van der Waals surface area contributed by atoms with Gasteiger partial charge in [-0.2, -0.15) is 0 Å². The number of hydrogen-bond acceptors (Lipinski definition) is 6. The lowest BCUT2D eigenvalue weighted by atomic mass is 10.0. The van der Waals surface area contributed by atoms with Crippen LogP contribution in [0.1, 0.15) is 71.7 Å². The van der Waals surface area contributed by atoms with Crippen LogP contribution in [0.5, 0.6) is 0 Å². The normalized spacial score (nSPS) is 19.4. The summed E-state index contributed by atoms with van der Waals surface area (Å²) in [6.07, 6.45) is 2.36. The summed E-state index contributed by atoms with van der Waals surface area (Å²) in [4.78, 5) is 48.6. The molecule has 10 heteroatoms. The average Bonchev–Trinajstić information content (AvgIpc) is 2.89. The van der Waals surface area contributed by atoms with Crippen LogP contribution < -0.4 is 5.73 Å². The molecule has 3 atom stereocenters. The van der Waals surface area contributed by atoms with Gasteiger partial charge in [0.05, 0.1) is 48.2 Å². The molecule has 1 fully saturated rings. The molecule has 3 rings (SSSR count). The van der Waals surface area contributed by atoms with Crippen LogP contribution in [-0.4, -0.2) is 57.3 Å². The van der Waals surface area contributed by atoms with Crippen LogP contribution in [0.15, 0.2) is 48.5 Å². The van der Waals surface area contributed by atoms with Crippen LogP contribution in [0.3, 0.4) is 0 Å². The molecule has 2 aromatic carbocycles. The van der Waals surface area contributed by atoms with Gasteiger partial charge < -0.3 is 10.5 Å². The Morgan fingerprint density at radius 2 is 1.63 bits per heavy atom. The van der Waals surface area contributed by atoms with E-state index in [-0.39, 0.29) is 47.9 Å². The van der Waals surface area contributed by atoms with Crippen LogP contribution >= 0.6 is 0 Å². The summed E-state index contributed by atoms with van der Waals surface area (Å²) in [6, 6.07) is 12.1. The summed E-state index contributed by atoms with van der Waals surface area (Å²) < 4.78 is 31.3. The van der Waals surface area contributed by atoms with Crippen molar-refractivity contribution in [3.05, 3.63) is 71.0 Å². The monoisotopic (exact) mass is 545 g/mol. The quantitative estimate of drug-likeness (QED) is 0.120. The average molecular weight is 546 g/mol. The molecule has 1 aliphatic rings. The Hall–Kier alpha value is -3.24. The lowest BCUT2D eigenvalue weighted by Gasteiger charge is -2.48. The van der Waals surface area contributed by atoms with Gasteiger partial charge in [-0.25, -0.2) is 18.5 Å². The third-order valence-corrected chi connectivity index (χ3v) is 8.65. The third-order valence-electron chi connectivity index (χ3n) is 6.86. The molecule has 3 unspecified atom stereocenters. The molecule has 2 amide bonds. The van der Waals surface area contributed by atoms with Crippen molar-refractivity contribution in [1.82, 2.24) is 0 Å². The van der Waals surface area contributed by atoms with Gasteiger partial charge in [-0.05, 0) is 68.1 Å². The number of nitrogens with two attached hydrogens (primary N) is 1. The Morgan fingerprint density at radius 1 is 0.974 bits per heavy atom. The number of ether oxygens (including phenoxy) is 1. The number of unbranched alkanes of at least 4 members (excludes halogenated alkanes) is 2. The Bertz CT molecular complexity index is 1180. The largest absolute Gasteiger partial charge is 0.462 e. The van der Waals surface area contributed by atoms with Crippen LogP contribution in [-0.2, 0) is 30.9 Å². The van der Waals surface area contributed by atoms with Crippen LogP contribution in [0, 0.1) is 5.82 Å². The fraction of sp³-hybridized carbons (Fsp3) is 0.429. The number of hydrogen-bond donors (Lipinski definition) is 1. The molecule has 38 heavy (non-hydrogen) atoms. The highest BCUT2D eigenvalue weighted by Gasteiger charge is 2.57. The molecule has 2 aromatic rings. The van der Waals surface area contributed by atoms with Gasteiger partial charge in [0.25, 0.3) is 0 Å². The van der Waals surface area contributed by atoms with E-state index in [9.17, 15) is 27.8 Å². The fourth-order valence-corrected chi connectivity index (χ4v) is 6.50. The number of ketones is 1. The van der Waals surface area contributed by atoms with Gasteiger partial charge in [0.15, 0.2) is 11.2 Å². The highest BCUT2D eigenvalue weighted by Crippen LogP contribution is 2.35. The first-order valence-corrected chi connectivity index (χ1v) is 14.1. The van der Waals surface area contributed by atoms with Crippen molar-refractivity contribution in [3.8, 4) is 0 Å². The number of likely N-dealkylation sites (tertiary alicyclic amines) is 1. The fourth-order valence-electron chi connectivity index (χ4n) is 4.68. The van der Waals surface area contributed by atoms with E-state index < -0.39 is 33.9 Å². The first kappa shape index (κ1) is 29.3. The standard InChI is InChI=1S/C28H33FN2O6S/c1-2-37-28(35)22-9-7-20(8-10-22)19-38(36)27-18-26(34)31(27,17-15-25(30)33)16-5-3-4-6-24(32)21-11-13-23(29)14-12-21/h7-14,27H,2-6,15-19H2,1H3,(H-,30,33)/p+1. The van der Waals surface area contributed by atoms with Crippen molar-refractivity contribution in [1.29, 1.82) is 0 Å². The number of quaternary nitrogens is 1. The zero-order valence-corrected chi connectivity index (χ0v) is 22.3. The summed E-state index contributed by atoms with van der Waals surface area (Å²) >= 11 is 0. The van der Waals surface area contributed by atoms with Crippen LogP contribution in [0.2, 0.25) is 0 Å². The van der Waals surface area contributed by atoms with E-state index in [1.807, 2.05) is 0 Å². The van der Waals surface area contributed by atoms with Gasteiger partial charge in [-0.3, -0.25) is 13.8 Å². The molecular weight excluding hydrogens is 511 g/mol. The number of carbonyl (C=O) groups excluding carboxylic acids is 4. The molecule has 1 saturated heterocycles. The van der Waals surface area contributed by atoms with Gasteiger partial charge >= 0.3 is 11.9 Å². The highest BCUT2D eigenvalue weighted by atomic mass is 32.2. The first-order chi connectivity index (χ1) is 18.2. The second-order valence-corrected chi connectivity index (χ2v) is 11.0. The van der Waals surface area contributed by atoms with Crippen molar-refractivity contribution in [2.24, 2.45) is 5.73 Å². The van der Waals surface area contributed by atoms with Gasteiger partial charge in [-0.15, -0.1) is 0 Å². The number of β-lactam (4-membered cyclic amide) rings is 1. The van der Waals surface area contributed by atoms with Crippen molar-refractivity contribution in [2.75, 3.05) is 19.7 Å². The van der Waals surface area contributed by atoms with E-state index in [4.69, 9.17) is 10.5 Å². The van der Waals surface area contributed by atoms with Crippen molar-refractivity contribution in [3.63, 3.8) is 0 Å². The zero-order valence-electron chi connectivity index (χ0n) is 21.5. The Labute approximate surface area is 224 Å². The SMILES string of the molecule is CCOC(=O)c1ccc(CS(=O)C2CC(=O)[N+]2(CCCCCC(=O)c2ccc(F)cc2)CCC(N)=O)cc1. The molecule has 0 spiro atoms. The van der Waals surface area contributed by atoms with Crippen LogP contribution in [0.4, 0.5) is 4.39 Å². The minimum Gasteiger partial charge on any atom is -0.462 e. The van der Waals surface area contributed by atoms with Gasteiger partial charge in [-0.1, -0.05) is 12.1 Å². The molecule has 0 saturated carbocycles. The number of benzene rings is 2. The highest BCUT2D eigenvalue weighted by molar-refractivity contribution is 7.84. The lowest BCUT2D eigenvalue weighted by molar-refractivity contribution is -0.891. The van der Waals surface area contributed by atoms with Crippen molar-refractivity contribution >= 4 is 34.4 Å². The number of amides is 2. The maximum atomic E-state index is 13.3. The molecule has 204 valence electrons. The Morgan fingerprint density at radius 3 is 2.24 bits per heavy atom. The summed E-state index contributed by atoms with van der Waals surface area (Å²) in [7, 11) is -1.40. The minimum atomic E-state index is -1.40. The number of carbonyl (C=O) groups is 4. The molecule has 1 heterocycles. The van der Waals surface area contributed by atoms with Gasteiger partial charge in [0.1, 0.15) is 12.2 Å². The number of halogens is 1. The van der Waals surface area contributed by atoms with E-state index in [2.05, 4.69) is 0 Å². The molecule has 1 aliphatic heterocycles. The smallest absolute Gasteiger partial charge is 0.338 e. The Balaban J connectivity index is 1.59. The van der Waals surface area contributed by atoms with Gasteiger partial charge in [0, 0.05) is 12.0 Å². The summed E-state index contributed by atoms with van der Waals surface area (Å²) in [5.74, 6) is -1.27. The molecule has 2 N–H and O–H groups in total. The van der Waals surface area contributed by atoms with Crippen LogP contribution in [0.25, 0.3) is 0 Å². The van der Waals surface area contributed by atoms with E-state index in [0.717, 1.165) is 5.56 Å². The number of rotatable bonds is 15. The van der Waals surface area contributed by atoms with E-state index in [0.29, 0.717) is 43.4 Å². The molecule has 8 nitrogen and oxygen atoms in total. The van der Waals surface area contributed by atoms with Gasteiger partial charge in [0.2, 0.25) is 5.91 Å². The second kappa shape index (κ2) is 13.5. The first-order valence-electron chi connectivity index (χ1n) is 12.8. The zero-order chi connectivity index (χ0) is 27.7. The molecule has 0 bridgehead atoms. The topological polar surface area (TPSA) is 121 Å². The predicted molar refractivity (Wildman–Crippen MR) is 141 cm³/mol. The van der Waals surface area contributed by atoms with E-state index in [1.54, 1.807) is 31.2 Å². The number of Topliss-reactive ketones (excluding diaryl/α,β-unsaturated/α-hetero) is 1. The van der Waals surface area contributed by atoms with Crippen molar-refractivity contribution < 1.29 is 37.0 Å². The summed E-state index contributed by atoms with van der Waals surface area (Å²) in [5, 5.41) is -0.451. The summed E-state index contributed by atoms with van der Waals surface area (Å²) in [6.45, 7) is 2.61. The second-order valence-electron chi connectivity index (χ2n) is 9.43. The maximum absolute atomic E-state index is 13.3. The maximum Gasteiger partial charge on any atom is 0.338 e. The van der Waals surface area contributed by atoms with Crippen molar-refractivity contribution in [2.45, 2.75) is 56.6 Å². The number of esters is 1. The molecule has 0 radical (unpaired) electrons. The molecular formula is C28H34FN2O6S+. The number of nitrogens with zero attached hydrogens (tertiary/aromatic N) is 1. The van der Waals surface area contributed by atoms with E-state index >= 15 is 0 Å². The summed E-state index contributed by atoms with van der Waals surface area (Å²) in [5.41, 5.74) is 7.00. The predicted octanol–water partition coefficient (Wildman–Crippen LogP) is 3.64. The number of primary amides is 1. The lowest BCUT2D eigenvalue weighted by Crippen LogP contribution is -2.71. The van der Waals surface area contributed by atoms with E-state index in [1.165, 1.54) is 24.3 Å². The molecule has 0 aromatic heterocycles. The Kier molecular flexibility index (Phi) is 10.4. The third kappa shape index (κ3) is 7.41. The molecule has 0 aliphatic carbocycles.